The van der Waals surface area contributed by atoms with Crippen molar-refractivity contribution in [3.05, 3.63) is 33.6 Å². The van der Waals surface area contributed by atoms with Crippen LogP contribution >= 0.6 is 0 Å². The molecule has 2 aromatic rings. The number of anilines is 1. The van der Waals surface area contributed by atoms with Crippen molar-refractivity contribution in [2.75, 3.05) is 11.9 Å². The van der Waals surface area contributed by atoms with Crippen molar-refractivity contribution < 1.29 is 19.2 Å². The summed E-state index contributed by atoms with van der Waals surface area (Å²) in [5, 5.41) is 21.3. The molecule has 0 radical (unpaired) electrons. The molecule has 1 amide bonds. The first kappa shape index (κ1) is 17.1. The van der Waals surface area contributed by atoms with Gasteiger partial charge in [-0.15, -0.1) is 4.68 Å². The zero-order chi connectivity index (χ0) is 17.9. The molecule has 11 heteroatoms. The van der Waals surface area contributed by atoms with Gasteiger partial charge in [-0.3, -0.25) is 9.48 Å². The minimum Gasteiger partial charge on any atom is -0.462 e. The van der Waals surface area contributed by atoms with Crippen LogP contribution < -0.4 is 5.32 Å². The van der Waals surface area contributed by atoms with Gasteiger partial charge in [0.15, 0.2) is 6.54 Å². The van der Waals surface area contributed by atoms with E-state index in [0.29, 0.717) is 5.69 Å². The lowest BCUT2D eigenvalue weighted by molar-refractivity contribution is -0.392. The van der Waals surface area contributed by atoms with Gasteiger partial charge in [0.2, 0.25) is 0 Å². The smallest absolute Gasteiger partial charge is 0.345 e. The van der Waals surface area contributed by atoms with E-state index in [0.717, 1.165) is 4.68 Å². The van der Waals surface area contributed by atoms with Gasteiger partial charge in [0.05, 0.1) is 24.6 Å². The molecule has 0 aliphatic heterocycles. The molecule has 0 fully saturated rings. The molecule has 11 nitrogen and oxygen atoms in total. The van der Waals surface area contributed by atoms with Gasteiger partial charge in [-0.05, 0) is 18.8 Å². The van der Waals surface area contributed by atoms with E-state index < -0.39 is 16.8 Å². The van der Waals surface area contributed by atoms with Gasteiger partial charge in [0.1, 0.15) is 11.4 Å². The van der Waals surface area contributed by atoms with Gasteiger partial charge in [-0.25, -0.2) is 4.79 Å². The Labute approximate surface area is 136 Å². The number of amides is 1. The number of aryl methyl sites for hydroxylation is 2. The van der Waals surface area contributed by atoms with Gasteiger partial charge in [-0.2, -0.15) is 5.10 Å². The van der Waals surface area contributed by atoms with Gasteiger partial charge in [0, 0.05) is 7.05 Å². The Balaban J connectivity index is 2.18. The molecule has 0 aliphatic rings. The molecular weight excluding hydrogens is 320 g/mol. The average Bonchev–Trinajstić information content (AvgIpc) is 3.03. The second-order valence-corrected chi connectivity index (χ2v) is 4.86. The van der Waals surface area contributed by atoms with Gasteiger partial charge in [-0.1, -0.05) is 5.10 Å². The second kappa shape index (κ2) is 6.89. The van der Waals surface area contributed by atoms with Crippen LogP contribution in [0.4, 0.5) is 11.6 Å². The monoisotopic (exact) mass is 336 g/mol. The topological polar surface area (TPSA) is 134 Å². The van der Waals surface area contributed by atoms with Crippen LogP contribution in [-0.2, 0) is 23.1 Å². The normalized spacial score (nSPS) is 10.5. The molecule has 0 aliphatic carbocycles. The highest BCUT2D eigenvalue weighted by atomic mass is 16.6. The third-order valence-corrected chi connectivity index (χ3v) is 3.05. The number of nitrogens with one attached hydrogen (secondary N) is 1. The molecule has 1 N–H and O–H groups in total. The van der Waals surface area contributed by atoms with E-state index in [1.165, 1.54) is 16.9 Å². The lowest BCUT2D eigenvalue weighted by Crippen LogP contribution is -2.23. The number of rotatable bonds is 6. The minimum atomic E-state index is -0.624. The second-order valence-electron chi connectivity index (χ2n) is 4.86. The molecule has 0 aromatic carbocycles. The van der Waals surface area contributed by atoms with Crippen molar-refractivity contribution in [2.24, 2.45) is 7.05 Å². The minimum absolute atomic E-state index is 0.0962. The van der Waals surface area contributed by atoms with E-state index in [-0.39, 0.29) is 30.4 Å². The van der Waals surface area contributed by atoms with Gasteiger partial charge < -0.3 is 20.2 Å². The molecule has 0 saturated carbocycles. The number of nitrogens with zero attached hydrogens (tertiary/aromatic N) is 5. The zero-order valence-electron chi connectivity index (χ0n) is 13.3. The summed E-state index contributed by atoms with van der Waals surface area (Å²) in [6, 6.07) is 1.27. The maximum atomic E-state index is 12.2. The Bertz CT molecular complexity index is 793. The van der Waals surface area contributed by atoms with Gasteiger partial charge in [0.25, 0.3) is 5.91 Å². The first-order valence-electron chi connectivity index (χ1n) is 7.01. The number of aromatic nitrogens is 4. The molecule has 128 valence electrons. The van der Waals surface area contributed by atoms with Gasteiger partial charge >= 0.3 is 11.8 Å². The Morgan fingerprint density at radius 2 is 2.17 bits per heavy atom. The summed E-state index contributed by atoms with van der Waals surface area (Å²) in [6.07, 6.45) is 1.27. The van der Waals surface area contributed by atoms with Crippen LogP contribution in [0.25, 0.3) is 0 Å². The summed E-state index contributed by atoms with van der Waals surface area (Å²) >= 11 is 0. The molecule has 24 heavy (non-hydrogen) atoms. The SMILES string of the molecule is CCOC(=O)c1cnn(C)c1NC(=O)Cn1nc(C)cc1[N+](=O)[O-]. The molecule has 2 rings (SSSR count). The Morgan fingerprint density at radius 3 is 2.79 bits per heavy atom. The summed E-state index contributed by atoms with van der Waals surface area (Å²) in [4.78, 5) is 34.3. The summed E-state index contributed by atoms with van der Waals surface area (Å²) in [6.45, 7) is 3.05. The molecule has 2 aromatic heterocycles. The maximum Gasteiger partial charge on any atom is 0.345 e. The predicted octanol–water partition coefficient (Wildman–Crippen LogP) is 0.649. The highest BCUT2D eigenvalue weighted by molar-refractivity contribution is 6.00. The van der Waals surface area contributed by atoms with Crippen molar-refractivity contribution in [3.8, 4) is 0 Å². The van der Waals surface area contributed by atoms with E-state index in [4.69, 9.17) is 4.74 Å². The molecule has 2 heterocycles. The number of hydrogen-bond donors (Lipinski definition) is 1. The van der Waals surface area contributed by atoms with Crippen LogP contribution in [0.5, 0.6) is 0 Å². The molecule has 0 bridgehead atoms. The average molecular weight is 336 g/mol. The molecule has 0 spiro atoms. The number of hydrogen-bond acceptors (Lipinski definition) is 7. The summed E-state index contributed by atoms with van der Waals surface area (Å²) < 4.78 is 7.16. The number of ether oxygens (including phenoxy) is 1. The van der Waals surface area contributed by atoms with Crippen molar-refractivity contribution in [1.29, 1.82) is 0 Å². The number of carbonyl (C=O) groups is 2. The van der Waals surface area contributed by atoms with Crippen LogP contribution in [0, 0.1) is 17.0 Å². The lowest BCUT2D eigenvalue weighted by atomic mass is 10.3. The van der Waals surface area contributed by atoms with Crippen LogP contribution in [0.3, 0.4) is 0 Å². The fourth-order valence-corrected chi connectivity index (χ4v) is 2.05. The summed E-state index contributed by atoms with van der Waals surface area (Å²) in [7, 11) is 1.54. The van der Waals surface area contributed by atoms with Crippen molar-refractivity contribution in [3.63, 3.8) is 0 Å². The fourth-order valence-electron chi connectivity index (χ4n) is 2.05. The predicted molar refractivity (Wildman–Crippen MR) is 81.4 cm³/mol. The Kier molecular flexibility index (Phi) is 4.92. The summed E-state index contributed by atoms with van der Waals surface area (Å²) in [5.41, 5.74) is 0.515. The van der Waals surface area contributed by atoms with Crippen LogP contribution in [0.15, 0.2) is 12.3 Å². The first-order valence-corrected chi connectivity index (χ1v) is 7.01. The molecule has 0 saturated heterocycles. The number of esters is 1. The fraction of sp³-hybridized carbons (Fsp3) is 0.385. The third kappa shape index (κ3) is 3.56. The van der Waals surface area contributed by atoms with E-state index >= 15 is 0 Å². The van der Waals surface area contributed by atoms with Crippen LogP contribution in [0.2, 0.25) is 0 Å². The highest BCUT2D eigenvalue weighted by Gasteiger charge is 2.23. The lowest BCUT2D eigenvalue weighted by Gasteiger charge is -2.07. The molecular formula is C13H16N6O5. The molecule has 0 unspecified atom stereocenters. The standard InChI is InChI=1S/C13H16N6O5/c1-4-24-13(21)9-6-14-17(3)12(9)15-10(20)7-18-11(19(22)23)5-8(2)16-18/h5-6H,4,7H2,1-3H3,(H,15,20). The van der Waals surface area contributed by atoms with Crippen LogP contribution in [-0.4, -0.2) is 43.0 Å². The zero-order valence-corrected chi connectivity index (χ0v) is 13.3. The van der Waals surface area contributed by atoms with Crippen molar-refractivity contribution in [2.45, 2.75) is 20.4 Å². The van der Waals surface area contributed by atoms with E-state index in [1.54, 1.807) is 20.9 Å². The van der Waals surface area contributed by atoms with E-state index in [9.17, 15) is 19.7 Å². The van der Waals surface area contributed by atoms with Crippen molar-refractivity contribution >= 4 is 23.5 Å². The highest BCUT2D eigenvalue weighted by Crippen LogP contribution is 2.17. The Hall–Kier alpha value is -3.24. The third-order valence-electron chi connectivity index (χ3n) is 3.05. The van der Waals surface area contributed by atoms with Crippen LogP contribution in [0.1, 0.15) is 23.0 Å². The van der Waals surface area contributed by atoms with E-state index in [2.05, 4.69) is 15.5 Å². The number of carbonyl (C=O) groups excluding carboxylic acids is 2. The quantitative estimate of drug-likeness (QED) is 0.465. The Morgan fingerprint density at radius 1 is 1.46 bits per heavy atom. The summed E-state index contributed by atoms with van der Waals surface area (Å²) in [5.74, 6) is -1.36. The first-order chi connectivity index (χ1) is 11.3. The maximum absolute atomic E-state index is 12.2. The number of nitro groups is 1. The van der Waals surface area contributed by atoms with Crippen molar-refractivity contribution in [1.82, 2.24) is 19.6 Å². The van der Waals surface area contributed by atoms with E-state index in [1.807, 2.05) is 0 Å². The molecule has 0 atom stereocenters. The largest absolute Gasteiger partial charge is 0.462 e.